The molecule has 0 aliphatic rings. The van der Waals surface area contributed by atoms with Gasteiger partial charge in [0.25, 0.3) is 0 Å². The third kappa shape index (κ3) is 5.87. The molecule has 116 valence electrons. The van der Waals surface area contributed by atoms with Gasteiger partial charge in [-0.25, -0.2) is 0 Å². The van der Waals surface area contributed by atoms with E-state index in [0.717, 1.165) is 18.6 Å². The number of nitrogens with one attached hydrogen (secondary N) is 1. The topological polar surface area (TPSA) is 45.0 Å². The Labute approximate surface area is 129 Å². The number of benzene rings is 1. The maximum atomic E-state index is 9.76. The predicted molar refractivity (Wildman–Crippen MR) is 86.9 cm³/mol. The van der Waals surface area contributed by atoms with Crippen LogP contribution in [-0.4, -0.2) is 19.3 Å². The lowest BCUT2D eigenvalue weighted by atomic mass is 9.87. The average Bonchev–Trinajstić information content (AvgIpc) is 2.46. The van der Waals surface area contributed by atoms with E-state index in [4.69, 9.17) is 4.74 Å². The summed E-state index contributed by atoms with van der Waals surface area (Å²) in [6, 6.07) is 12.6. The minimum atomic E-state index is -0.673. The lowest BCUT2D eigenvalue weighted by Gasteiger charge is -2.30. The summed E-state index contributed by atoms with van der Waals surface area (Å²) in [5.74, 6) is 0.647. The fourth-order valence-electron chi connectivity index (χ4n) is 2.31. The Kier molecular flexibility index (Phi) is 7.42. The molecule has 3 nitrogen and oxygen atoms in total. The number of ether oxygens (including phenoxy) is 1. The van der Waals surface area contributed by atoms with Gasteiger partial charge in [-0.15, -0.1) is 0 Å². The molecule has 1 atom stereocenters. The van der Waals surface area contributed by atoms with E-state index in [2.05, 4.69) is 39.1 Å². The molecule has 1 unspecified atom stereocenters. The molecular weight excluding hydrogens is 260 g/mol. The maximum Gasteiger partial charge on any atom is 0.134 e. The van der Waals surface area contributed by atoms with Crippen molar-refractivity contribution >= 4 is 0 Å². The second kappa shape index (κ2) is 8.81. The molecule has 0 saturated heterocycles. The summed E-state index contributed by atoms with van der Waals surface area (Å²) in [5, 5.41) is 13.2. The maximum absolute atomic E-state index is 9.76. The van der Waals surface area contributed by atoms with Crippen molar-refractivity contribution in [2.45, 2.75) is 52.1 Å². The second-order valence-corrected chi connectivity index (χ2v) is 6.23. The van der Waals surface area contributed by atoms with Crippen LogP contribution >= 0.6 is 0 Å². The first-order chi connectivity index (χ1) is 10.00. The standard InChI is InChI=1S/C18H28N2O/c1-15(2)10-12-21-13-11-18(14-19,20-16(3)4)17-8-6-5-7-9-17/h5-9,15-16,20H,10-13H2,1-4H3. The molecule has 1 aromatic carbocycles. The molecule has 21 heavy (non-hydrogen) atoms. The highest BCUT2D eigenvalue weighted by molar-refractivity contribution is 5.31. The van der Waals surface area contributed by atoms with Crippen LogP contribution in [0.1, 0.15) is 46.1 Å². The Morgan fingerprint density at radius 2 is 1.81 bits per heavy atom. The van der Waals surface area contributed by atoms with Crippen molar-refractivity contribution in [1.82, 2.24) is 5.32 Å². The highest BCUT2D eigenvalue weighted by Gasteiger charge is 2.32. The Morgan fingerprint density at radius 1 is 1.14 bits per heavy atom. The largest absolute Gasteiger partial charge is 0.381 e. The van der Waals surface area contributed by atoms with Crippen molar-refractivity contribution < 1.29 is 4.74 Å². The SMILES string of the molecule is CC(C)CCOCCC(C#N)(NC(C)C)c1ccccc1. The highest BCUT2D eigenvalue weighted by Crippen LogP contribution is 2.25. The van der Waals surface area contributed by atoms with Gasteiger partial charge in [-0.05, 0) is 31.7 Å². The van der Waals surface area contributed by atoms with Gasteiger partial charge < -0.3 is 4.74 Å². The van der Waals surface area contributed by atoms with Crippen LogP contribution < -0.4 is 5.32 Å². The summed E-state index contributed by atoms with van der Waals surface area (Å²) in [6.07, 6.45) is 1.71. The van der Waals surface area contributed by atoms with Crippen LogP contribution in [0, 0.1) is 17.2 Å². The zero-order valence-electron chi connectivity index (χ0n) is 13.7. The molecule has 0 bridgehead atoms. The molecule has 0 saturated carbocycles. The third-order valence-corrected chi connectivity index (χ3v) is 3.45. The van der Waals surface area contributed by atoms with Gasteiger partial charge >= 0.3 is 0 Å². The number of rotatable bonds is 9. The predicted octanol–water partition coefficient (Wildman–Crippen LogP) is 3.86. The molecule has 0 radical (unpaired) electrons. The van der Waals surface area contributed by atoms with E-state index in [0.29, 0.717) is 18.9 Å². The number of hydrogen-bond donors (Lipinski definition) is 1. The van der Waals surface area contributed by atoms with Crippen LogP contribution in [0.2, 0.25) is 0 Å². The van der Waals surface area contributed by atoms with Crippen molar-refractivity contribution in [1.29, 1.82) is 5.26 Å². The molecule has 0 aliphatic heterocycles. The van der Waals surface area contributed by atoms with Crippen molar-refractivity contribution in [3.05, 3.63) is 35.9 Å². The first-order valence-electron chi connectivity index (χ1n) is 7.82. The molecule has 1 rings (SSSR count). The van der Waals surface area contributed by atoms with Crippen LogP contribution in [-0.2, 0) is 10.3 Å². The van der Waals surface area contributed by atoms with E-state index in [1.165, 1.54) is 0 Å². The molecule has 0 aromatic heterocycles. The summed E-state index contributed by atoms with van der Waals surface area (Å²) in [5.41, 5.74) is 0.335. The molecule has 0 fully saturated rings. The number of hydrogen-bond acceptors (Lipinski definition) is 3. The molecule has 0 amide bonds. The van der Waals surface area contributed by atoms with Crippen LogP contribution in [0.15, 0.2) is 30.3 Å². The van der Waals surface area contributed by atoms with Crippen molar-refractivity contribution in [3.63, 3.8) is 0 Å². The lowest BCUT2D eigenvalue weighted by molar-refractivity contribution is 0.105. The van der Waals surface area contributed by atoms with E-state index < -0.39 is 5.54 Å². The summed E-state index contributed by atoms with van der Waals surface area (Å²) in [6.45, 7) is 9.86. The van der Waals surface area contributed by atoms with E-state index in [1.54, 1.807) is 0 Å². The van der Waals surface area contributed by atoms with E-state index in [9.17, 15) is 5.26 Å². The molecule has 1 N–H and O–H groups in total. The van der Waals surface area contributed by atoms with Crippen LogP contribution in [0.3, 0.4) is 0 Å². The smallest absolute Gasteiger partial charge is 0.134 e. The number of nitriles is 1. The fraction of sp³-hybridized carbons (Fsp3) is 0.611. The van der Waals surface area contributed by atoms with Gasteiger partial charge in [-0.1, -0.05) is 44.2 Å². The zero-order chi connectivity index (χ0) is 15.7. The third-order valence-electron chi connectivity index (χ3n) is 3.45. The Hall–Kier alpha value is -1.37. The first-order valence-corrected chi connectivity index (χ1v) is 7.82. The normalized spacial score (nSPS) is 14.1. The summed E-state index contributed by atoms with van der Waals surface area (Å²) >= 11 is 0. The van der Waals surface area contributed by atoms with E-state index in [-0.39, 0.29) is 6.04 Å². The molecule has 0 heterocycles. The fourth-order valence-corrected chi connectivity index (χ4v) is 2.31. The average molecular weight is 288 g/mol. The monoisotopic (exact) mass is 288 g/mol. The van der Waals surface area contributed by atoms with Crippen LogP contribution in [0.25, 0.3) is 0 Å². The molecule has 1 aromatic rings. The van der Waals surface area contributed by atoms with E-state index >= 15 is 0 Å². The van der Waals surface area contributed by atoms with Crippen molar-refractivity contribution in [2.75, 3.05) is 13.2 Å². The zero-order valence-corrected chi connectivity index (χ0v) is 13.7. The lowest BCUT2D eigenvalue weighted by Crippen LogP contribution is -2.45. The van der Waals surface area contributed by atoms with E-state index in [1.807, 2.05) is 30.3 Å². The van der Waals surface area contributed by atoms with Gasteiger partial charge in [0, 0.05) is 25.7 Å². The van der Waals surface area contributed by atoms with Gasteiger partial charge in [0.05, 0.1) is 6.07 Å². The highest BCUT2D eigenvalue weighted by atomic mass is 16.5. The molecule has 3 heteroatoms. The van der Waals surface area contributed by atoms with Gasteiger partial charge in [0.1, 0.15) is 5.54 Å². The Bertz CT molecular complexity index is 436. The van der Waals surface area contributed by atoms with Gasteiger partial charge in [-0.2, -0.15) is 5.26 Å². The summed E-state index contributed by atoms with van der Waals surface area (Å²) in [7, 11) is 0. The molecular formula is C18H28N2O. The Morgan fingerprint density at radius 3 is 2.33 bits per heavy atom. The minimum Gasteiger partial charge on any atom is -0.381 e. The molecule has 0 aliphatic carbocycles. The van der Waals surface area contributed by atoms with Crippen LogP contribution in [0.5, 0.6) is 0 Å². The van der Waals surface area contributed by atoms with Gasteiger partial charge in [0.15, 0.2) is 0 Å². The van der Waals surface area contributed by atoms with Gasteiger partial charge in [-0.3, -0.25) is 5.32 Å². The molecule has 0 spiro atoms. The van der Waals surface area contributed by atoms with Crippen molar-refractivity contribution in [3.8, 4) is 6.07 Å². The van der Waals surface area contributed by atoms with Gasteiger partial charge in [0.2, 0.25) is 0 Å². The van der Waals surface area contributed by atoms with Crippen LogP contribution in [0.4, 0.5) is 0 Å². The second-order valence-electron chi connectivity index (χ2n) is 6.23. The summed E-state index contributed by atoms with van der Waals surface area (Å²) < 4.78 is 5.71. The first kappa shape index (κ1) is 17.7. The quantitative estimate of drug-likeness (QED) is 0.702. The minimum absolute atomic E-state index is 0.237. The summed E-state index contributed by atoms with van der Waals surface area (Å²) in [4.78, 5) is 0. The Balaban J connectivity index is 2.71. The number of nitrogens with zero attached hydrogens (tertiary/aromatic N) is 1. The van der Waals surface area contributed by atoms with Crippen molar-refractivity contribution in [2.24, 2.45) is 5.92 Å².